The number of hydrogen-bond acceptors (Lipinski definition) is 7. The third kappa shape index (κ3) is 4.70. The first kappa shape index (κ1) is 15.8. The van der Waals surface area contributed by atoms with Crippen molar-refractivity contribution in [2.24, 2.45) is 5.92 Å². The summed E-state index contributed by atoms with van der Waals surface area (Å²) in [7, 11) is 1.78. The van der Waals surface area contributed by atoms with Gasteiger partial charge in [-0.2, -0.15) is 15.0 Å². The van der Waals surface area contributed by atoms with E-state index in [1.54, 1.807) is 7.05 Å². The Morgan fingerprint density at radius 2 is 1.76 bits per heavy atom. The van der Waals surface area contributed by atoms with Gasteiger partial charge in [0.25, 0.3) is 0 Å². The second-order valence-electron chi connectivity index (χ2n) is 5.56. The smallest absolute Gasteiger partial charge is 0.323 e. The van der Waals surface area contributed by atoms with Crippen molar-refractivity contribution in [1.82, 2.24) is 15.0 Å². The molecule has 2 heterocycles. The molecule has 1 fully saturated rings. The fourth-order valence-corrected chi connectivity index (χ4v) is 2.33. The molecule has 118 valence electrons. The van der Waals surface area contributed by atoms with Gasteiger partial charge in [-0.25, -0.2) is 0 Å². The number of hydrogen-bond donors (Lipinski definition) is 2. The lowest BCUT2D eigenvalue weighted by Crippen LogP contribution is -2.31. The molecule has 1 aromatic heterocycles. The highest BCUT2D eigenvalue weighted by molar-refractivity contribution is 5.36. The number of aromatic nitrogens is 3. The molecule has 2 N–H and O–H groups in total. The lowest BCUT2D eigenvalue weighted by atomic mass is 9.93. The first-order valence-corrected chi connectivity index (χ1v) is 7.53. The molecular weight excluding hydrogens is 270 g/mol. The van der Waals surface area contributed by atoms with Crippen LogP contribution in [0.2, 0.25) is 0 Å². The van der Waals surface area contributed by atoms with E-state index < -0.39 is 0 Å². The first-order chi connectivity index (χ1) is 10.1. The number of nitrogens with zero attached hydrogens (tertiary/aromatic N) is 3. The summed E-state index contributed by atoms with van der Waals surface area (Å²) in [4.78, 5) is 12.9. The molecule has 0 amide bonds. The Hall–Kier alpha value is -1.63. The molecule has 1 saturated heterocycles. The molecular formula is C14H25N5O2. The van der Waals surface area contributed by atoms with Crippen molar-refractivity contribution in [3.8, 4) is 6.01 Å². The number of nitrogens with one attached hydrogen (secondary N) is 2. The number of anilines is 2. The normalized spacial score (nSPS) is 17.6. The Labute approximate surface area is 125 Å². The molecule has 0 aromatic carbocycles. The van der Waals surface area contributed by atoms with Gasteiger partial charge >= 0.3 is 6.01 Å². The monoisotopic (exact) mass is 295 g/mol. The van der Waals surface area contributed by atoms with Crippen LogP contribution >= 0.6 is 0 Å². The zero-order valence-electron chi connectivity index (χ0n) is 13.2. The Balaban J connectivity index is 2.06. The highest BCUT2D eigenvalue weighted by Crippen LogP contribution is 2.21. The highest BCUT2D eigenvalue weighted by atomic mass is 16.5. The fourth-order valence-electron chi connectivity index (χ4n) is 2.33. The van der Waals surface area contributed by atoms with E-state index in [2.05, 4.69) is 32.5 Å². The van der Waals surface area contributed by atoms with Gasteiger partial charge in [-0.3, -0.25) is 0 Å². The molecule has 1 aliphatic rings. The van der Waals surface area contributed by atoms with Gasteiger partial charge in [-0.1, -0.05) is 0 Å². The standard InChI is InChI=1S/C14H25N5O2/c1-9(2)21-14-18-12(15-4)17-13(19-14)16-10(3)11-5-7-20-8-6-11/h9-11H,5-8H2,1-4H3,(H2,15,16,17,18,19). The average Bonchev–Trinajstić information content (AvgIpc) is 2.47. The van der Waals surface area contributed by atoms with Gasteiger partial charge in [-0.15, -0.1) is 0 Å². The van der Waals surface area contributed by atoms with Crippen LogP contribution in [-0.2, 0) is 4.74 Å². The van der Waals surface area contributed by atoms with Gasteiger partial charge in [0.2, 0.25) is 11.9 Å². The van der Waals surface area contributed by atoms with Crippen LogP contribution in [0.1, 0.15) is 33.6 Å². The molecule has 1 aromatic rings. The van der Waals surface area contributed by atoms with Crippen molar-refractivity contribution in [1.29, 1.82) is 0 Å². The van der Waals surface area contributed by atoms with E-state index in [9.17, 15) is 0 Å². The molecule has 0 bridgehead atoms. The van der Waals surface area contributed by atoms with Crippen molar-refractivity contribution in [3.63, 3.8) is 0 Å². The third-order valence-corrected chi connectivity index (χ3v) is 3.51. The fraction of sp³-hybridized carbons (Fsp3) is 0.786. The highest BCUT2D eigenvalue weighted by Gasteiger charge is 2.21. The summed E-state index contributed by atoms with van der Waals surface area (Å²) in [6.45, 7) is 7.71. The van der Waals surface area contributed by atoms with E-state index >= 15 is 0 Å². The summed E-state index contributed by atoms with van der Waals surface area (Å²) in [5, 5.41) is 6.29. The average molecular weight is 295 g/mol. The first-order valence-electron chi connectivity index (χ1n) is 7.53. The van der Waals surface area contributed by atoms with E-state index in [1.165, 1.54) is 0 Å². The molecule has 7 heteroatoms. The predicted octanol–water partition coefficient (Wildman–Crippen LogP) is 1.93. The lowest BCUT2D eigenvalue weighted by Gasteiger charge is -2.28. The summed E-state index contributed by atoms with van der Waals surface area (Å²) in [5.74, 6) is 1.62. The molecule has 0 radical (unpaired) electrons. The SMILES string of the molecule is CNc1nc(NC(C)C2CCOCC2)nc(OC(C)C)n1. The van der Waals surface area contributed by atoms with Gasteiger partial charge in [0, 0.05) is 26.3 Å². The van der Waals surface area contributed by atoms with Crippen molar-refractivity contribution >= 4 is 11.9 Å². The van der Waals surface area contributed by atoms with Crippen LogP contribution in [-0.4, -0.2) is 47.4 Å². The van der Waals surface area contributed by atoms with E-state index in [0.29, 0.717) is 23.8 Å². The Kier molecular flexibility index (Phi) is 5.55. The van der Waals surface area contributed by atoms with Crippen molar-refractivity contribution in [3.05, 3.63) is 0 Å². The summed E-state index contributed by atoms with van der Waals surface area (Å²) in [6, 6.07) is 0.624. The molecule has 7 nitrogen and oxygen atoms in total. The van der Waals surface area contributed by atoms with Crippen molar-refractivity contribution in [2.75, 3.05) is 30.9 Å². The van der Waals surface area contributed by atoms with Gasteiger partial charge < -0.3 is 20.1 Å². The van der Waals surface area contributed by atoms with E-state index in [-0.39, 0.29) is 12.1 Å². The molecule has 0 spiro atoms. The maximum absolute atomic E-state index is 5.56. The van der Waals surface area contributed by atoms with E-state index in [0.717, 1.165) is 26.1 Å². The molecule has 1 aliphatic heterocycles. The third-order valence-electron chi connectivity index (χ3n) is 3.51. The number of ether oxygens (including phenoxy) is 2. The summed E-state index contributed by atoms with van der Waals surface area (Å²) >= 11 is 0. The van der Waals surface area contributed by atoms with Gasteiger partial charge in [0.1, 0.15) is 0 Å². The van der Waals surface area contributed by atoms with Crippen LogP contribution in [0, 0.1) is 5.92 Å². The Bertz CT molecular complexity index is 449. The summed E-state index contributed by atoms with van der Waals surface area (Å²) in [5.41, 5.74) is 0. The maximum Gasteiger partial charge on any atom is 0.323 e. The second kappa shape index (κ2) is 7.40. The van der Waals surface area contributed by atoms with Crippen molar-refractivity contribution in [2.45, 2.75) is 45.8 Å². The van der Waals surface area contributed by atoms with Crippen LogP contribution < -0.4 is 15.4 Å². The molecule has 0 saturated carbocycles. The molecule has 2 rings (SSSR count). The second-order valence-corrected chi connectivity index (χ2v) is 5.56. The minimum absolute atomic E-state index is 0.0258. The minimum Gasteiger partial charge on any atom is -0.461 e. The van der Waals surface area contributed by atoms with Crippen LogP contribution in [0.3, 0.4) is 0 Å². The van der Waals surface area contributed by atoms with Crippen LogP contribution in [0.4, 0.5) is 11.9 Å². The zero-order valence-corrected chi connectivity index (χ0v) is 13.2. The largest absolute Gasteiger partial charge is 0.461 e. The molecule has 0 aliphatic carbocycles. The van der Waals surface area contributed by atoms with Gasteiger partial charge in [0.15, 0.2) is 0 Å². The minimum atomic E-state index is 0.0258. The zero-order chi connectivity index (χ0) is 15.2. The van der Waals surface area contributed by atoms with Gasteiger partial charge in [0.05, 0.1) is 6.10 Å². The molecule has 1 atom stereocenters. The quantitative estimate of drug-likeness (QED) is 0.829. The Morgan fingerprint density at radius 1 is 1.10 bits per heavy atom. The van der Waals surface area contributed by atoms with Crippen LogP contribution in [0.25, 0.3) is 0 Å². The van der Waals surface area contributed by atoms with Gasteiger partial charge in [-0.05, 0) is 39.5 Å². The number of rotatable bonds is 6. The Morgan fingerprint density at radius 3 is 2.38 bits per heavy atom. The molecule has 1 unspecified atom stereocenters. The van der Waals surface area contributed by atoms with E-state index in [4.69, 9.17) is 9.47 Å². The summed E-state index contributed by atoms with van der Waals surface area (Å²) < 4.78 is 11.0. The predicted molar refractivity (Wildman–Crippen MR) is 81.8 cm³/mol. The maximum atomic E-state index is 5.56. The van der Waals surface area contributed by atoms with E-state index in [1.807, 2.05) is 13.8 Å². The molecule has 21 heavy (non-hydrogen) atoms. The van der Waals surface area contributed by atoms with Crippen LogP contribution in [0.5, 0.6) is 6.01 Å². The topological polar surface area (TPSA) is 81.2 Å². The summed E-state index contributed by atoms with van der Waals surface area (Å²) in [6.07, 6.45) is 2.15. The van der Waals surface area contributed by atoms with Crippen molar-refractivity contribution < 1.29 is 9.47 Å². The lowest BCUT2D eigenvalue weighted by molar-refractivity contribution is 0.0621. The van der Waals surface area contributed by atoms with Crippen LogP contribution in [0.15, 0.2) is 0 Å².